The lowest BCUT2D eigenvalue weighted by molar-refractivity contribution is 0.185. The summed E-state index contributed by atoms with van der Waals surface area (Å²) in [5.74, 6) is 3.24. The fourth-order valence-electron chi connectivity index (χ4n) is 2.40. The van der Waals surface area contributed by atoms with Crippen LogP contribution in [0.5, 0.6) is 0 Å². The maximum Gasteiger partial charge on any atom is 0.143 e. The van der Waals surface area contributed by atoms with Crippen LogP contribution in [0.15, 0.2) is 0 Å². The van der Waals surface area contributed by atoms with Gasteiger partial charge in [0.05, 0.1) is 9.26 Å². The van der Waals surface area contributed by atoms with Crippen LogP contribution in [0.25, 0.3) is 0 Å². The van der Waals surface area contributed by atoms with Crippen molar-refractivity contribution in [1.82, 2.24) is 9.97 Å². The van der Waals surface area contributed by atoms with Crippen LogP contribution in [-0.4, -0.2) is 30.2 Å². The van der Waals surface area contributed by atoms with E-state index in [4.69, 9.17) is 9.72 Å². The summed E-state index contributed by atoms with van der Waals surface area (Å²) in [5.41, 5.74) is 1.25. The molecule has 0 radical (unpaired) electrons. The number of rotatable bonds is 4. The molecule has 2 aliphatic rings. The predicted octanol–water partition coefficient (Wildman–Crippen LogP) is 2.58. The van der Waals surface area contributed by atoms with Crippen molar-refractivity contribution < 1.29 is 4.74 Å². The molecule has 0 aromatic carbocycles. The van der Waals surface area contributed by atoms with E-state index < -0.39 is 0 Å². The standard InChI is InChI=1S/C13H18IN3O/c1-15-13-11(14)12(9-2-3-9)16-10(17-13)6-8-4-5-18-7-8/h8-9H,2-7H2,1H3,(H,15,16,17). The maximum atomic E-state index is 5.43. The first-order valence-corrected chi connectivity index (χ1v) is 7.67. The van der Waals surface area contributed by atoms with E-state index in [0.717, 1.165) is 37.7 Å². The van der Waals surface area contributed by atoms with Gasteiger partial charge in [0.25, 0.3) is 0 Å². The molecular weight excluding hydrogens is 341 g/mol. The Morgan fingerprint density at radius 3 is 2.78 bits per heavy atom. The van der Waals surface area contributed by atoms with Crippen LogP contribution in [0.4, 0.5) is 5.82 Å². The molecule has 1 atom stereocenters. The number of aromatic nitrogens is 2. The zero-order valence-electron chi connectivity index (χ0n) is 10.6. The quantitative estimate of drug-likeness (QED) is 0.840. The zero-order valence-corrected chi connectivity index (χ0v) is 12.7. The Labute approximate surface area is 121 Å². The molecule has 18 heavy (non-hydrogen) atoms. The van der Waals surface area contributed by atoms with Crippen LogP contribution in [-0.2, 0) is 11.2 Å². The second-order valence-electron chi connectivity index (χ2n) is 5.15. The molecule has 0 spiro atoms. The number of ether oxygens (including phenoxy) is 1. The van der Waals surface area contributed by atoms with Gasteiger partial charge in [0.1, 0.15) is 11.6 Å². The van der Waals surface area contributed by atoms with Gasteiger partial charge in [-0.3, -0.25) is 0 Å². The average molecular weight is 359 g/mol. The lowest BCUT2D eigenvalue weighted by atomic mass is 10.0. The molecule has 1 saturated heterocycles. The topological polar surface area (TPSA) is 47.0 Å². The molecule has 1 aliphatic carbocycles. The van der Waals surface area contributed by atoms with Gasteiger partial charge in [-0.05, 0) is 47.8 Å². The van der Waals surface area contributed by atoms with Crippen molar-refractivity contribution in [3.8, 4) is 0 Å². The molecule has 98 valence electrons. The van der Waals surface area contributed by atoms with E-state index in [1.807, 2.05) is 7.05 Å². The van der Waals surface area contributed by atoms with Gasteiger partial charge < -0.3 is 10.1 Å². The third-order valence-corrected chi connectivity index (χ3v) is 4.68. The summed E-state index contributed by atoms with van der Waals surface area (Å²) in [4.78, 5) is 9.43. The second-order valence-corrected chi connectivity index (χ2v) is 6.22. The SMILES string of the molecule is CNc1nc(CC2CCOC2)nc(C2CC2)c1I. The molecule has 3 rings (SSSR count). The van der Waals surface area contributed by atoms with Gasteiger partial charge in [-0.1, -0.05) is 0 Å². The van der Waals surface area contributed by atoms with E-state index in [1.165, 1.54) is 22.1 Å². The van der Waals surface area contributed by atoms with E-state index in [1.54, 1.807) is 0 Å². The first-order chi connectivity index (χ1) is 8.78. The highest BCUT2D eigenvalue weighted by Gasteiger charge is 2.29. The highest BCUT2D eigenvalue weighted by molar-refractivity contribution is 14.1. The van der Waals surface area contributed by atoms with E-state index >= 15 is 0 Å². The molecule has 2 fully saturated rings. The molecule has 1 aromatic rings. The van der Waals surface area contributed by atoms with Crippen LogP contribution >= 0.6 is 22.6 Å². The maximum absolute atomic E-state index is 5.43. The fraction of sp³-hybridized carbons (Fsp3) is 0.692. The van der Waals surface area contributed by atoms with Crippen LogP contribution in [0.2, 0.25) is 0 Å². The van der Waals surface area contributed by atoms with Gasteiger partial charge in [-0.25, -0.2) is 9.97 Å². The van der Waals surface area contributed by atoms with Crippen molar-refractivity contribution in [2.24, 2.45) is 5.92 Å². The van der Waals surface area contributed by atoms with E-state index in [0.29, 0.717) is 11.8 Å². The van der Waals surface area contributed by atoms with Crippen molar-refractivity contribution in [2.75, 3.05) is 25.6 Å². The lowest BCUT2D eigenvalue weighted by Crippen LogP contribution is -2.11. The van der Waals surface area contributed by atoms with Crippen LogP contribution in [0, 0.1) is 9.49 Å². The van der Waals surface area contributed by atoms with Gasteiger partial charge in [-0.2, -0.15) is 0 Å². The Kier molecular flexibility index (Phi) is 3.70. The summed E-state index contributed by atoms with van der Waals surface area (Å²) in [6.07, 6.45) is 4.65. The Balaban J connectivity index is 1.86. The Morgan fingerprint density at radius 1 is 1.33 bits per heavy atom. The lowest BCUT2D eigenvalue weighted by Gasteiger charge is -2.12. The Hall–Kier alpha value is -0.430. The largest absolute Gasteiger partial charge is 0.381 e. The first-order valence-electron chi connectivity index (χ1n) is 6.59. The van der Waals surface area contributed by atoms with Crippen molar-refractivity contribution >= 4 is 28.4 Å². The first kappa shape index (κ1) is 12.6. The Morgan fingerprint density at radius 2 is 2.17 bits per heavy atom. The molecule has 1 N–H and O–H groups in total. The van der Waals surface area contributed by atoms with Gasteiger partial charge in [0.2, 0.25) is 0 Å². The molecular formula is C13H18IN3O. The molecule has 1 aromatic heterocycles. The highest BCUT2D eigenvalue weighted by atomic mass is 127. The third kappa shape index (κ3) is 2.61. The van der Waals surface area contributed by atoms with Crippen molar-refractivity contribution in [1.29, 1.82) is 0 Å². The normalized spacial score (nSPS) is 23.3. The van der Waals surface area contributed by atoms with Gasteiger partial charge in [0.15, 0.2) is 0 Å². The number of anilines is 1. The summed E-state index contributed by atoms with van der Waals surface area (Å²) in [5, 5.41) is 3.19. The molecule has 0 bridgehead atoms. The molecule has 0 amide bonds. The van der Waals surface area contributed by atoms with Crippen molar-refractivity contribution in [2.45, 2.75) is 31.6 Å². The predicted molar refractivity (Wildman–Crippen MR) is 78.9 cm³/mol. The second kappa shape index (κ2) is 5.28. The summed E-state index contributed by atoms with van der Waals surface area (Å²) in [6, 6.07) is 0. The number of nitrogens with zero attached hydrogens (tertiary/aromatic N) is 2. The molecule has 1 saturated carbocycles. The summed E-state index contributed by atoms with van der Waals surface area (Å²) >= 11 is 2.37. The minimum absolute atomic E-state index is 0.599. The highest BCUT2D eigenvalue weighted by Crippen LogP contribution is 2.42. The number of hydrogen-bond acceptors (Lipinski definition) is 4. The van der Waals surface area contributed by atoms with Gasteiger partial charge in [-0.15, -0.1) is 0 Å². The summed E-state index contributed by atoms with van der Waals surface area (Å²) in [7, 11) is 1.93. The average Bonchev–Trinajstić information content (AvgIpc) is 3.10. The van der Waals surface area contributed by atoms with Crippen LogP contribution in [0.3, 0.4) is 0 Å². The number of halogens is 1. The van der Waals surface area contributed by atoms with E-state index in [9.17, 15) is 0 Å². The fourth-order valence-corrected chi connectivity index (χ4v) is 3.35. The molecule has 1 aliphatic heterocycles. The van der Waals surface area contributed by atoms with Crippen molar-refractivity contribution in [3.05, 3.63) is 15.1 Å². The number of hydrogen-bond donors (Lipinski definition) is 1. The zero-order chi connectivity index (χ0) is 12.5. The van der Waals surface area contributed by atoms with Crippen LogP contribution in [0.1, 0.15) is 36.7 Å². The summed E-state index contributed by atoms with van der Waals surface area (Å²) < 4.78 is 6.63. The minimum Gasteiger partial charge on any atom is -0.381 e. The Bertz CT molecular complexity index is 442. The monoisotopic (exact) mass is 359 g/mol. The van der Waals surface area contributed by atoms with Crippen LogP contribution < -0.4 is 5.32 Å². The smallest absolute Gasteiger partial charge is 0.143 e. The molecule has 4 nitrogen and oxygen atoms in total. The van der Waals surface area contributed by atoms with Crippen molar-refractivity contribution in [3.63, 3.8) is 0 Å². The minimum atomic E-state index is 0.599. The molecule has 1 unspecified atom stereocenters. The number of nitrogens with one attached hydrogen (secondary N) is 1. The van der Waals surface area contributed by atoms with Gasteiger partial charge >= 0.3 is 0 Å². The molecule has 2 heterocycles. The third-order valence-electron chi connectivity index (χ3n) is 3.62. The van der Waals surface area contributed by atoms with E-state index in [2.05, 4.69) is 32.9 Å². The molecule has 5 heteroatoms. The summed E-state index contributed by atoms with van der Waals surface area (Å²) in [6.45, 7) is 1.76. The van der Waals surface area contributed by atoms with Gasteiger partial charge in [0, 0.05) is 32.6 Å². The van der Waals surface area contributed by atoms with E-state index in [-0.39, 0.29) is 0 Å².